The fourth-order valence-corrected chi connectivity index (χ4v) is 2.97. The highest BCUT2D eigenvalue weighted by Gasteiger charge is 2.32. The summed E-state index contributed by atoms with van der Waals surface area (Å²) in [6, 6.07) is -0.430. The Morgan fingerprint density at radius 3 is 2.77 bits per heavy atom. The molecule has 2 N–H and O–H groups in total. The Morgan fingerprint density at radius 1 is 1.50 bits per heavy atom. The molecule has 1 aliphatic rings. The first-order valence-electron chi connectivity index (χ1n) is 6.98. The van der Waals surface area contributed by atoms with Crippen LogP contribution in [-0.4, -0.2) is 20.4 Å². The minimum atomic E-state index is -0.466. The van der Waals surface area contributed by atoms with Crippen LogP contribution in [0.1, 0.15) is 60.0 Å². The number of hydrogen-bond acceptors (Lipinski definition) is 6. The molecule has 2 aromatic rings. The summed E-state index contributed by atoms with van der Waals surface area (Å²) in [4.78, 5) is 28.1. The van der Waals surface area contributed by atoms with Crippen molar-refractivity contribution in [2.45, 2.75) is 38.6 Å². The van der Waals surface area contributed by atoms with Crippen LogP contribution >= 0.6 is 23.1 Å². The van der Waals surface area contributed by atoms with Crippen molar-refractivity contribution in [1.29, 1.82) is 0 Å². The maximum Gasteiger partial charge on any atom is 0.277 e. The lowest BCUT2D eigenvalue weighted by Crippen LogP contribution is -2.31. The Labute approximate surface area is 135 Å². The minimum Gasteiger partial charge on any atom is -0.339 e. The Hall–Kier alpha value is -1.67. The van der Waals surface area contributed by atoms with E-state index in [1.54, 1.807) is 0 Å². The second kappa shape index (κ2) is 5.85. The first-order valence-corrected chi connectivity index (χ1v) is 8.18. The quantitative estimate of drug-likeness (QED) is 0.869. The third-order valence-corrected chi connectivity index (χ3v) is 4.82. The fraction of sp³-hybridized carbons (Fsp3) is 0.538. The summed E-state index contributed by atoms with van der Waals surface area (Å²) < 4.78 is 7.72. The number of amides is 1. The van der Waals surface area contributed by atoms with Crippen molar-refractivity contribution < 1.29 is 9.32 Å². The molecule has 1 atom stereocenters. The smallest absolute Gasteiger partial charge is 0.277 e. The van der Waals surface area contributed by atoms with Crippen LogP contribution in [0.5, 0.6) is 0 Å². The lowest BCUT2D eigenvalue weighted by molar-refractivity contribution is 0.0918. The summed E-state index contributed by atoms with van der Waals surface area (Å²) >= 11 is 6.73. The maximum absolute atomic E-state index is 12.3. The standard InChI is InChI=1S/C13H15ClN4O3S/c1-5(2)8(13-16-10(17-21-13)6-3-4-6)15-12(20)9-7(14)11(19)18-22-9/h5-6,8H,3-4H2,1-2H3,(H,15,20)(H,18,19). The third kappa shape index (κ3) is 2.93. The van der Waals surface area contributed by atoms with Gasteiger partial charge in [0.25, 0.3) is 11.5 Å². The van der Waals surface area contributed by atoms with Gasteiger partial charge in [0.1, 0.15) is 15.9 Å². The van der Waals surface area contributed by atoms with Crippen LogP contribution in [0.3, 0.4) is 0 Å². The van der Waals surface area contributed by atoms with Gasteiger partial charge in [0.15, 0.2) is 5.82 Å². The normalized spacial score (nSPS) is 16.0. The van der Waals surface area contributed by atoms with Gasteiger partial charge in [0, 0.05) is 5.92 Å². The van der Waals surface area contributed by atoms with Crippen molar-refractivity contribution in [1.82, 2.24) is 19.8 Å². The number of nitrogens with zero attached hydrogens (tertiary/aromatic N) is 2. The molecule has 118 valence electrons. The number of aromatic nitrogens is 3. The number of aromatic amines is 1. The molecule has 22 heavy (non-hydrogen) atoms. The Morgan fingerprint density at radius 2 is 2.23 bits per heavy atom. The molecular formula is C13H15ClN4O3S. The molecule has 0 saturated heterocycles. The molecule has 0 aliphatic heterocycles. The molecule has 0 aromatic carbocycles. The zero-order valence-corrected chi connectivity index (χ0v) is 13.6. The monoisotopic (exact) mass is 342 g/mol. The number of carbonyl (C=O) groups excluding carboxylic acids is 1. The lowest BCUT2D eigenvalue weighted by Gasteiger charge is -2.17. The number of hydrogen-bond donors (Lipinski definition) is 2. The fourth-order valence-electron chi connectivity index (χ4n) is 2.04. The van der Waals surface area contributed by atoms with Crippen LogP contribution in [0.4, 0.5) is 0 Å². The van der Waals surface area contributed by atoms with Crippen LogP contribution in [0.15, 0.2) is 9.32 Å². The Balaban J connectivity index is 1.80. The molecule has 9 heteroatoms. The van der Waals surface area contributed by atoms with Crippen molar-refractivity contribution in [2.75, 3.05) is 0 Å². The average molecular weight is 343 g/mol. The van der Waals surface area contributed by atoms with Gasteiger partial charge in [0.05, 0.1) is 0 Å². The maximum atomic E-state index is 12.3. The summed E-state index contributed by atoms with van der Waals surface area (Å²) in [6.45, 7) is 3.88. The van der Waals surface area contributed by atoms with Gasteiger partial charge in [-0.05, 0) is 18.8 Å². The molecule has 0 spiro atoms. The van der Waals surface area contributed by atoms with Gasteiger partial charge in [-0.15, -0.1) is 0 Å². The summed E-state index contributed by atoms with van der Waals surface area (Å²) in [5.74, 6) is 1.07. The molecule has 7 nitrogen and oxygen atoms in total. The topological polar surface area (TPSA) is 101 Å². The number of rotatable bonds is 5. The Kier molecular flexibility index (Phi) is 4.05. The van der Waals surface area contributed by atoms with E-state index in [1.165, 1.54) is 0 Å². The lowest BCUT2D eigenvalue weighted by atomic mass is 10.0. The van der Waals surface area contributed by atoms with Crippen LogP contribution in [0.25, 0.3) is 0 Å². The summed E-state index contributed by atoms with van der Waals surface area (Å²) in [5, 5.41) is 6.67. The van der Waals surface area contributed by atoms with Crippen LogP contribution in [0, 0.1) is 5.92 Å². The molecule has 1 saturated carbocycles. The van der Waals surface area contributed by atoms with Gasteiger partial charge in [-0.25, -0.2) is 0 Å². The van der Waals surface area contributed by atoms with E-state index in [-0.39, 0.29) is 15.8 Å². The van der Waals surface area contributed by atoms with Crippen molar-refractivity contribution in [3.05, 3.63) is 32.0 Å². The number of carbonyl (C=O) groups is 1. The van der Waals surface area contributed by atoms with E-state index < -0.39 is 17.5 Å². The molecule has 1 unspecified atom stereocenters. The van der Waals surface area contributed by atoms with E-state index >= 15 is 0 Å². The van der Waals surface area contributed by atoms with Gasteiger partial charge < -0.3 is 9.84 Å². The zero-order chi connectivity index (χ0) is 15.9. The van der Waals surface area contributed by atoms with Crippen LogP contribution < -0.4 is 10.9 Å². The van der Waals surface area contributed by atoms with Gasteiger partial charge >= 0.3 is 0 Å². The number of halogens is 1. The minimum absolute atomic E-state index is 0.0471. The van der Waals surface area contributed by atoms with Crippen molar-refractivity contribution >= 4 is 29.0 Å². The van der Waals surface area contributed by atoms with Crippen LogP contribution in [-0.2, 0) is 0 Å². The van der Waals surface area contributed by atoms with E-state index in [4.69, 9.17) is 16.1 Å². The Bertz CT molecular complexity index is 747. The van der Waals surface area contributed by atoms with Crippen molar-refractivity contribution in [2.24, 2.45) is 5.92 Å². The summed E-state index contributed by atoms with van der Waals surface area (Å²) in [7, 11) is 0. The van der Waals surface area contributed by atoms with Crippen LogP contribution in [0.2, 0.25) is 5.02 Å². The molecule has 3 rings (SSSR count). The predicted molar refractivity (Wildman–Crippen MR) is 81.3 cm³/mol. The highest BCUT2D eigenvalue weighted by atomic mass is 35.5. The number of nitrogens with one attached hydrogen (secondary N) is 2. The largest absolute Gasteiger partial charge is 0.339 e. The molecule has 0 radical (unpaired) electrons. The molecular weight excluding hydrogens is 328 g/mol. The number of H-pyrrole nitrogens is 1. The highest BCUT2D eigenvalue weighted by Crippen LogP contribution is 2.38. The predicted octanol–water partition coefficient (Wildman–Crippen LogP) is 2.48. The van der Waals surface area contributed by atoms with E-state index in [9.17, 15) is 9.59 Å². The van der Waals surface area contributed by atoms with Gasteiger partial charge in [-0.2, -0.15) is 4.98 Å². The third-order valence-electron chi connectivity index (χ3n) is 3.47. The summed E-state index contributed by atoms with van der Waals surface area (Å²) in [5.41, 5.74) is -0.466. The molecule has 0 bridgehead atoms. The van der Waals surface area contributed by atoms with Gasteiger partial charge in [-0.1, -0.05) is 42.1 Å². The van der Waals surface area contributed by atoms with E-state index in [2.05, 4.69) is 19.8 Å². The average Bonchev–Trinajstić information content (AvgIpc) is 3.12. The molecule has 1 aliphatic carbocycles. The SMILES string of the molecule is CC(C)C(NC(=O)c1s[nH]c(=O)c1Cl)c1nc(C2CC2)no1. The first kappa shape index (κ1) is 15.2. The second-order valence-electron chi connectivity index (χ2n) is 5.64. The van der Waals surface area contributed by atoms with E-state index in [0.29, 0.717) is 17.6 Å². The van der Waals surface area contributed by atoms with Crippen molar-refractivity contribution in [3.63, 3.8) is 0 Å². The zero-order valence-electron chi connectivity index (χ0n) is 12.1. The van der Waals surface area contributed by atoms with E-state index in [0.717, 1.165) is 24.4 Å². The molecule has 2 heterocycles. The molecule has 1 amide bonds. The summed E-state index contributed by atoms with van der Waals surface area (Å²) in [6.07, 6.45) is 2.15. The van der Waals surface area contributed by atoms with Gasteiger partial charge in [-0.3, -0.25) is 14.0 Å². The molecule has 1 fully saturated rings. The second-order valence-corrected chi connectivity index (χ2v) is 6.83. The highest BCUT2D eigenvalue weighted by molar-refractivity contribution is 7.08. The first-order chi connectivity index (χ1) is 10.5. The molecule has 2 aromatic heterocycles. The van der Waals surface area contributed by atoms with Crippen molar-refractivity contribution in [3.8, 4) is 0 Å². The van der Waals surface area contributed by atoms with Gasteiger partial charge in [0.2, 0.25) is 5.89 Å². The van der Waals surface area contributed by atoms with E-state index in [1.807, 2.05) is 13.8 Å².